The van der Waals surface area contributed by atoms with Crippen molar-refractivity contribution in [2.45, 2.75) is 43.4 Å². The van der Waals surface area contributed by atoms with Gasteiger partial charge in [0.15, 0.2) is 5.01 Å². The predicted molar refractivity (Wildman–Crippen MR) is 154 cm³/mol. The molecule has 0 spiro atoms. The zero-order chi connectivity index (χ0) is 29.7. The topological polar surface area (TPSA) is 153 Å². The molecule has 2 amide bonds. The molecule has 3 aromatic rings. The highest BCUT2D eigenvalue weighted by atomic mass is 32.2. The fourth-order valence-electron chi connectivity index (χ4n) is 5.00. The number of benzene rings is 1. The van der Waals surface area contributed by atoms with Crippen LogP contribution in [0.3, 0.4) is 0 Å². The van der Waals surface area contributed by atoms with Gasteiger partial charge in [0.2, 0.25) is 15.9 Å². The fourth-order valence-corrected chi connectivity index (χ4v) is 7.92. The lowest BCUT2D eigenvalue weighted by molar-refractivity contribution is -0.127. The number of nitrogens with zero attached hydrogens (tertiary/aromatic N) is 4. The Bertz CT molecular complexity index is 1790. The van der Waals surface area contributed by atoms with Gasteiger partial charge in [0, 0.05) is 73.5 Å². The van der Waals surface area contributed by atoms with Gasteiger partial charge in [-0.2, -0.15) is 4.31 Å². The third-order valence-corrected chi connectivity index (χ3v) is 11.5. The lowest BCUT2D eigenvalue weighted by Crippen LogP contribution is -2.57. The maximum Gasteiger partial charge on any atom is 0.283 e. The van der Waals surface area contributed by atoms with E-state index in [1.807, 2.05) is 6.92 Å². The summed E-state index contributed by atoms with van der Waals surface area (Å²) in [7, 11) is -6.76. The van der Waals surface area contributed by atoms with Crippen LogP contribution in [0.4, 0.5) is 0 Å². The molecule has 2 N–H and O–H groups in total. The Kier molecular flexibility index (Phi) is 7.72. The number of nitrogens with one attached hydrogen (secondary N) is 2. The van der Waals surface area contributed by atoms with Gasteiger partial charge >= 0.3 is 0 Å². The van der Waals surface area contributed by atoms with Crippen LogP contribution in [0.1, 0.15) is 39.3 Å². The second-order valence-electron chi connectivity index (χ2n) is 10.3. The van der Waals surface area contributed by atoms with Crippen molar-refractivity contribution in [3.63, 3.8) is 0 Å². The molecule has 1 aromatic carbocycles. The number of sulfonamides is 2. The summed E-state index contributed by atoms with van der Waals surface area (Å²) in [5, 5.41) is 4.18. The summed E-state index contributed by atoms with van der Waals surface area (Å²) in [5.41, 5.74) is 2.05. The van der Waals surface area contributed by atoms with E-state index in [-0.39, 0.29) is 42.1 Å². The first kappa shape index (κ1) is 29.2. The van der Waals surface area contributed by atoms with Crippen LogP contribution in [0, 0.1) is 12.3 Å². The molecule has 2 aromatic heterocycles. The minimum atomic E-state index is -4.06. The Morgan fingerprint density at radius 2 is 1.98 bits per heavy atom. The monoisotopic (exact) mass is 618 g/mol. The molecule has 2 aliphatic heterocycles. The smallest absolute Gasteiger partial charge is 0.283 e. The molecule has 5 rings (SSSR count). The van der Waals surface area contributed by atoms with Crippen LogP contribution in [-0.2, 0) is 37.8 Å². The molecule has 2 atom stereocenters. The van der Waals surface area contributed by atoms with E-state index in [0.29, 0.717) is 33.7 Å². The molecule has 15 heteroatoms. The van der Waals surface area contributed by atoms with Crippen LogP contribution in [0.2, 0.25) is 0 Å². The van der Waals surface area contributed by atoms with Crippen molar-refractivity contribution in [1.82, 2.24) is 28.8 Å². The third-order valence-electron chi connectivity index (χ3n) is 7.42. The molecule has 218 valence electrons. The first-order chi connectivity index (χ1) is 19.3. The summed E-state index contributed by atoms with van der Waals surface area (Å²) >= 11 is 1.27. The Hall–Kier alpha value is -3.29. The number of carbonyl (C=O) groups is 2. The van der Waals surface area contributed by atoms with Gasteiger partial charge < -0.3 is 15.2 Å². The lowest BCUT2D eigenvalue weighted by Gasteiger charge is -2.40. The molecule has 41 heavy (non-hydrogen) atoms. The van der Waals surface area contributed by atoms with Gasteiger partial charge in [0.1, 0.15) is 5.03 Å². The molecule has 0 radical (unpaired) electrons. The maximum absolute atomic E-state index is 13.7. The van der Waals surface area contributed by atoms with Crippen molar-refractivity contribution in [3.8, 4) is 12.3 Å². The van der Waals surface area contributed by atoms with E-state index < -0.39 is 37.9 Å². The van der Waals surface area contributed by atoms with Crippen LogP contribution in [0.25, 0.3) is 10.9 Å². The Morgan fingerprint density at radius 1 is 1.22 bits per heavy atom. The van der Waals surface area contributed by atoms with Gasteiger partial charge in [0.25, 0.3) is 15.9 Å². The molecular formula is C26H30N6O6S3. The number of aromatic nitrogens is 2. The number of aromatic amines is 1. The Morgan fingerprint density at radius 3 is 2.68 bits per heavy atom. The number of hydrogen-bond acceptors (Lipinski definition) is 9. The number of carbonyl (C=O) groups excluding carboxylic acids is 2. The molecule has 2 unspecified atom stereocenters. The zero-order valence-corrected chi connectivity index (χ0v) is 25.2. The van der Waals surface area contributed by atoms with E-state index in [1.165, 1.54) is 26.6 Å². The number of H-pyrrole nitrogens is 1. The molecule has 4 heterocycles. The number of amides is 2. The molecule has 0 bridgehead atoms. The standard InChI is InChI=1S/C26H30N6O6S3/c1-5-17-6-7-20-18(11-17)12-23(28-20)41(37,38)31-8-9-32(19(15-31)13-24(33)30(3)40(4,35)36)26(34)25-29-21-10-16(2)27-14-22(21)39-25/h1,6-7,11-12,16,19,27-28H,8-10,13-15H2,2-4H3. The van der Waals surface area contributed by atoms with E-state index >= 15 is 0 Å². The molecule has 0 aliphatic carbocycles. The Labute approximate surface area is 242 Å². The summed E-state index contributed by atoms with van der Waals surface area (Å²) in [4.78, 5) is 36.5. The number of terminal acetylenes is 1. The summed E-state index contributed by atoms with van der Waals surface area (Å²) in [5.74, 6) is 1.36. The number of fused-ring (bicyclic) bond motifs is 2. The third kappa shape index (κ3) is 5.75. The highest BCUT2D eigenvalue weighted by Crippen LogP contribution is 2.29. The first-order valence-electron chi connectivity index (χ1n) is 12.9. The van der Waals surface area contributed by atoms with Crippen molar-refractivity contribution in [3.05, 3.63) is 45.4 Å². The fraction of sp³-hybridized carbons (Fsp3) is 0.423. The average Bonchev–Trinajstić information content (AvgIpc) is 3.55. The summed E-state index contributed by atoms with van der Waals surface area (Å²) in [6, 6.07) is 5.90. The van der Waals surface area contributed by atoms with E-state index in [2.05, 4.69) is 21.2 Å². The van der Waals surface area contributed by atoms with Crippen LogP contribution in [0.5, 0.6) is 0 Å². The van der Waals surface area contributed by atoms with Crippen molar-refractivity contribution in [2.24, 2.45) is 0 Å². The molecular weight excluding hydrogens is 589 g/mol. The Balaban J connectivity index is 1.44. The number of rotatable bonds is 6. The lowest BCUT2D eigenvalue weighted by atomic mass is 10.1. The summed E-state index contributed by atoms with van der Waals surface area (Å²) in [6.07, 6.45) is 6.67. The van der Waals surface area contributed by atoms with Gasteiger partial charge in [-0.25, -0.2) is 26.1 Å². The number of thiazole rings is 1. The largest absolute Gasteiger partial charge is 0.345 e. The van der Waals surface area contributed by atoms with Gasteiger partial charge in [-0.05, 0) is 31.2 Å². The molecule has 1 saturated heterocycles. The SMILES string of the molecule is C#Cc1ccc2[nH]c(S(=O)(=O)N3CCN(C(=O)c4nc5c(s4)CNC(C)C5)C(CC(=O)N(C)S(C)(=O)=O)C3)cc2c1. The van der Waals surface area contributed by atoms with Gasteiger partial charge in [0.05, 0.1) is 18.0 Å². The first-order valence-corrected chi connectivity index (χ1v) is 17.0. The van der Waals surface area contributed by atoms with Crippen molar-refractivity contribution < 1.29 is 26.4 Å². The van der Waals surface area contributed by atoms with Crippen molar-refractivity contribution in [2.75, 3.05) is 32.9 Å². The van der Waals surface area contributed by atoms with Crippen molar-refractivity contribution in [1.29, 1.82) is 0 Å². The molecule has 12 nitrogen and oxygen atoms in total. The number of piperazine rings is 1. The second-order valence-corrected chi connectivity index (χ2v) is 15.3. The van der Waals surface area contributed by atoms with Gasteiger partial charge in [-0.15, -0.1) is 17.8 Å². The summed E-state index contributed by atoms with van der Waals surface area (Å²) in [6.45, 7) is 2.41. The van der Waals surface area contributed by atoms with Crippen LogP contribution >= 0.6 is 11.3 Å². The summed E-state index contributed by atoms with van der Waals surface area (Å²) < 4.78 is 53.2. The normalized spacial score (nSPS) is 20.0. The second kappa shape index (κ2) is 10.8. The number of hydrogen-bond donors (Lipinski definition) is 2. The highest BCUT2D eigenvalue weighted by molar-refractivity contribution is 7.89. The van der Waals surface area contributed by atoms with Crippen LogP contribution < -0.4 is 5.32 Å². The minimum absolute atomic E-state index is 0.00102. The van der Waals surface area contributed by atoms with Gasteiger partial charge in [-0.1, -0.05) is 5.92 Å². The maximum atomic E-state index is 13.7. The van der Waals surface area contributed by atoms with E-state index in [9.17, 15) is 26.4 Å². The van der Waals surface area contributed by atoms with Crippen molar-refractivity contribution >= 4 is 54.1 Å². The molecule has 1 fully saturated rings. The predicted octanol–water partition coefficient (Wildman–Crippen LogP) is 0.963. The van der Waals surface area contributed by atoms with Crippen LogP contribution in [0.15, 0.2) is 29.3 Å². The van der Waals surface area contributed by atoms with E-state index in [1.54, 1.807) is 18.2 Å². The highest BCUT2D eigenvalue weighted by Gasteiger charge is 2.40. The minimum Gasteiger partial charge on any atom is -0.345 e. The quantitative estimate of drug-likeness (QED) is 0.388. The van der Waals surface area contributed by atoms with E-state index in [0.717, 1.165) is 23.9 Å². The molecule has 0 saturated carbocycles. The van der Waals surface area contributed by atoms with Gasteiger partial charge in [-0.3, -0.25) is 9.59 Å². The van der Waals surface area contributed by atoms with Crippen LogP contribution in [-0.4, -0.2) is 97.1 Å². The zero-order valence-electron chi connectivity index (χ0n) is 22.7. The van der Waals surface area contributed by atoms with E-state index in [4.69, 9.17) is 6.42 Å². The molecule has 2 aliphatic rings. The average molecular weight is 619 g/mol.